The molecule has 0 unspecified atom stereocenters. The highest BCUT2D eigenvalue weighted by atomic mass is 16.2. The van der Waals surface area contributed by atoms with Crippen molar-refractivity contribution in [1.82, 2.24) is 19.6 Å². The molecule has 5 aliphatic rings. The molecule has 14 nitrogen and oxygen atoms in total. The fourth-order valence-corrected chi connectivity index (χ4v) is 10.4. The minimum Gasteiger partial charge on any atom is -0.285 e. The van der Waals surface area contributed by atoms with E-state index in [0.29, 0.717) is 41.1 Å². The second-order valence-corrected chi connectivity index (χ2v) is 16.7. The van der Waals surface area contributed by atoms with Gasteiger partial charge < -0.3 is 0 Å². The van der Waals surface area contributed by atoms with E-state index in [0.717, 1.165) is 0 Å². The number of amides is 8. The van der Waals surface area contributed by atoms with Gasteiger partial charge in [0.1, 0.15) is 22.8 Å². The van der Waals surface area contributed by atoms with Gasteiger partial charge in [-0.3, -0.25) is 47.9 Å². The summed E-state index contributed by atoms with van der Waals surface area (Å²) >= 11 is 0. The van der Waals surface area contributed by atoms with Crippen molar-refractivity contribution in [2.45, 2.75) is 0 Å². The van der Waals surface area contributed by atoms with Crippen molar-refractivity contribution in [3.63, 3.8) is 0 Å². The summed E-state index contributed by atoms with van der Waals surface area (Å²) in [6, 6.07) is 36.6. The summed E-state index contributed by atoms with van der Waals surface area (Å²) in [6.45, 7) is 0. The molecule has 4 aliphatic heterocycles. The van der Waals surface area contributed by atoms with E-state index in [4.69, 9.17) is 0 Å². The van der Waals surface area contributed by atoms with Crippen LogP contribution in [0.3, 0.4) is 0 Å². The lowest BCUT2D eigenvalue weighted by Crippen LogP contribution is -2.56. The number of ketones is 2. The van der Waals surface area contributed by atoms with Crippen molar-refractivity contribution in [3.8, 4) is 0 Å². The zero-order chi connectivity index (χ0) is 46.6. The predicted molar refractivity (Wildman–Crippen MR) is 242 cm³/mol. The van der Waals surface area contributed by atoms with Crippen molar-refractivity contribution in [1.29, 1.82) is 0 Å². The summed E-state index contributed by atoms with van der Waals surface area (Å²) in [4.78, 5) is 155. The molecule has 1 aliphatic carbocycles. The van der Waals surface area contributed by atoms with E-state index in [2.05, 4.69) is 0 Å². The van der Waals surface area contributed by atoms with Gasteiger partial charge in [0, 0.05) is 66.1 Å². The highest BCUT2D eigenvalue weighted by molar-refractivity contribution is 6.40. The van der Waals surface area contributed by atoms with Gasteiger partial charge in [0.2, 0.25) is 11.6 Å². The number of Topliss-reactive ketones (excluding diaryl/α,β-unsaturated/α-hetero) is 2. The fourth-order valence-electron chi connectivity index (χ4n) is 10.4. The van der Waals surface area contributed by atoms with Crippen LogP contribution in [-0.4, -0.2) is 78.4 Å². The van der Waals surface area contributed by atoms with Crippen LogP contribution >= 0.6 is 0 Å². The van der Waals surface area contributed by atoms with Crippen molar-refractivity contribution in [2.24, 2.45) is 0 Å². The number of carbonyl (C=O) groups is 10. The summed E-state index contributed by atoms with van der Waals surface area (Å²) in [6.07, 6.45) is 0. The second kappa shape index (κ2) is 13.4. The molecule has 8 aromatic carbocycles. The smallest absolute Gasteiger partial charge is 0.266 e. The molecule has 0 radical (unpaired) electrons. The standard InChI is InChI=1S/C54H24N4O10/c59-45-41(55-47(61)29-17-1-9-25-10-2-18-30(37(25)29)48(55)62)42(56-49(63)31-19-3-11-26-12-4-20-32(38(26)31)50(56)64)46(60)44(58-53(67)35-23-7-15-28-16-8-24-36(40(28)35)54(58)68)43(45)57-51(65)33-21-5-13-27-14-6-22-34(39(27)33)52(57)66/h1-24H. The summed E-state index contributed by atoms with van der Waals surface area (Å²) in [5.74, 6) is -12.5. The maximum atomic E-state index is 16.3. The molecule has 68 heavy (non-hydrogen) atoms. The first-order valence-electron chi connectivity index (χ1n) is 21.2. The average molecular weight is 889 g/mol. The van der Waals surface area contributed by atoms with Gasteiger partial charge in [-0.15, -0.1) is 0 Å². The maximum Gasteiger partial charge on any atom is 0.266 e. The average Bonchev–Trinajstić information content (AvgIpc) is 3.35. The molecule has 14 heteroatoms. The number of nitrogens with zero attached hydrogens (tertiary/aromatic N) is 4. The van der Waals surface area contributed by atoms with E-state index in [9.17, 15) is 0 Å². The van der Waals surface area contributed by atoms with Gasteiger partial charge in [0.05, 0.1) is 0 Å². The lowest BCUT2D eigenvalue weighted by Gasteiger charge is -2.40. The molecule has 0 aromatic heterocycles. The van der Waals surface area contributed by atoms with Gasteiger partial charge >= 0.3 is 0 Å². The van der Waals surface area contributed by atoms with E-state index in [-0.39, 0.29) is 66.1 Å². The lowest BCUT2D eigenvalue weighted by atomic mass is 9.86. The maximum absolute atomic E-state index is 16.3. The fraction of sp³-hybridized carbons (Fsp3) is 0. The molecule has 8 aromatic rings. The largest absolute Gasteiger partial charge is 0.285 e. The van der Waals surface area contributed by atoms with Crippen molar-refractivity contribution in [3.05, 3.63) is 213 Å². The summed E-state index contributed by atoms with van der Waals surface area (Å²) < 4.78 is 0. The number of hydrogen-bond acceptors (Lipinski definition) is 10. The number of carbonyl (C=O) groups excluding carboxylic acids is 10. The third kappa shape index (κ3) is 4.73. The lowest BCUT2D eigenvalue weighted by molar-refractivity contribution is -0.119. The van der Waals surface area contributed by atoms with Crippen LogP contribution in [0.4, 0.5) is 0 Å². The molecule has 8 amide bonds. The molecular formula is C54H24N4O10. The minimum absolute atomic E-state index is 0.107. The van der Waals surface area contributed by atoms with Crippen LogP contribution in [0.5, 0.6) is 0 Å². The molecule has 0 fully saturated rings. The monoisotopic (exact) mass is 888 g/mol. The molecule has 320 valence electrons. The van der Waals surface area contributed by atoms with E-state index < -0.39 is 81.6 Å². The van der Waals surface area contributed by atoms with Gasteiger partial charge in [0.25, 0.3) is 47.3 Å². The number of imide groups is 4. The Bertz CT molecular complexity index is 3330. The van der Waals surface area contributed by atoms with Crippen LogP contribution in [0.15, 0.2) is 168 Å². The van der Waals surface area contributed by atoms with Crippen LogP contribution in [0, 0.1) is 0 Å². The molecule has 0 saturated heterocycles. The number of rotatable bonds is 4. The topological polar surface area (TPSA) is 184 Å². The zero-order valence-corrected chi connectivity index (χ0v) is 34.7. The Morgan fingerprint density at radius 2 is 0.353 bits per heavy atom. The zero-order valence-electron chi connectivity index (χ0n) is 34.7. The van der Waals surface area contributed by atoms with Crippen molar-refractivity contribution in [2.75, 3.05) is 0 Å². The Labute approximate surface area is 381 Å². The second-order valence-electron chi connectivity index (χ2n) is 16.7. The number of hydrogen-bond donors (Lipinski definition) is 0. The van der Waals surface area contributed by atoms with Crippen molar-refractivity contribution >= 4 is 102 Å². The Hall–Kier alpha value is -9.82. The Morgan fingerprint density at radius 3 is 0.500 bits per heavy atom. The quantitative estimate of drug-likeness (QED) is 0.128. The molecule has 0 N–H and O–H groups in total. The Kier molecular flexibility index (Phi) is 7.59. The summed E-state index contributed by atoms with van der Waals surface area (Å²) in [7, 11) is 0. The number of benzene rings is 8. The first-order valence-corrected chi connectivity index (χ1v) is 21.2. The molecule has 0 bridgehead atoms. The molecular weight excluding hydrogens is 865 g/mol. The van der Waals surface area contributed by atoms with E-state index >= 15 is 47.9 Å². The third-order valence-corrected chi connectivity index (χ3v) is 13.3. The summed E-state index contributed by atoms with van der Waals surface area (Å²) in [5, 5.41) is 2.76. The van der Waals surface area contributed by atoms with E-state index in [1.807, 2.05) is 0 Å². The molecule has 4 heterocycles. The van der Waals surface area contributed by atoms with Crippen LogP contribution < -0.4 is 0 Å². The molecule has 0 atom stereocenters. The molecule has 0 saturated carbocycles. The van der Waals surface area contributed by atoms with Gasteiger partial charge in [-0.25, -0.2) is 19.6 Å². The normalized spacial score (nSPS) is 16.9. The first kappa shape index (κ1) is 38.6. The summed E-state index contributed by atoms with van der Waals surface area (Å²) in [5.41, 5.74) is -5.58. The van der Waals surface area contributed by atoms with E-state index in [1.54, 1.807) is 48.5 Å². The Balaban J connectivity index is 1.13. The van der Waals surface area contributed by atoms with Crippen molar-refractivity contribution < 1.29 is 47.9 Å². The van der Waals surface area contributed by atoms with Crippen LogP contribution in [0.2, 0.25) is 0 Å². The Morgan fingerprint density at radius 1 is 0.206 bits per heavy atom. The highest BCUT2D eigenvalue weighted by Gasteiger charge is 2.56. The molecule has 0 spiro atoms. The third-order valence-electron chi connectivity index (χ3n) is 13.3. The SMILES string of the molecule is O=C1C(N2C(=O)c3cccc4cccc(c34)C2=O)=C(N2C(=O)c3cccc4cccc(c34)C2=O)C(=O)C(N2C(=O)c3cccc4cccc(c34)C2=O)=C1N1C(=O)c2cccc3cccc(c23)C1=O. The van der Waals surface area contributed by atoms with Crippen LogP contribution in [0.1, 0.15) is 82.9 Å². The van der Waals surface area contributed by atoms with Gasteiger partial charge in [-0.1, -0.05) is 97.1 Å². The molecule has 13 rings (SSSR count). The van der Waals surface area contributed by atoms with Gasteiger partial charge in [0.15, 0.2) is 0 Å². The first-order chi connectivity index (χ1) is 33.0. The minimum atomic E-state index is -1.59. The van der Waals surface area contributed by atoms with Crippen LogP contribution in [0.25, 0.3) is 43.1 Å². The highest BCUT2D eigenvalue weighted by Crippen LogP contribution is 2.45. The van der Waals surface area contributed by atoms with Gasteiger partial charge in [-0.05, 0) is 70.1 Å². The van der Waals surface area contributed by atoms with E-state index in [1.165, 1.54) is 97.1 Å². The predicted octanol–water partition coefficient (Wildman–Crippen LogP) is 7.36. The van der Waals surface area contributed by atoms with Gasteiger partial charge in [-0.2, -0.15) is 0 Å². The van der Waals surface area contributed by atoms with Crippen LogP contribution in [-0.2, 0) is 9.59 Å².